The Morgan fingerprint density at radius 1 is 1.62 bits per heavy atom. The SMILES string of the molecule is C=C(C)C1CC(O)CCC1(C)CC. The predicted molar refractivity (Wildman–Crippen MR) is 56.6 cm³/mol. The van der Waals surface area contributed by atoms with Gasteiger partial charge in [0.15, 0.2) is 0 Å². The summed E-state index contributed by atoms with van der Waals surface area (Å²) in [6.45, 7) is 10.7. The van der Waals surface area contributed by atoms with Gasteiger partial charge in [0.2, 0.25) is 0 Å². The molecule has 1 heteroatoms. The molecular formula is C12H22O. The number of hydrogen-bond acceptors (Lipinski definition) is 1. The smallest absolute Gasteiger partial charge is 0.0546 e. The summed E-state index contributed by atoms with van der Waals surface area (Å²) in [4.78, 5) is 0. The summed E-state index contributed by atoms with van der Waals surface area (Å²) in [6, 6.07) is 0. The lowest BCUT2D eigenvalue weighted by molar-refractivity contribution is 0.0318. The number of aliphatic hydroxyl groups is 1. The zero-order valence-corrected chi connectivity index (χ0v) is 9.14. The molecule has 1 fully saturated rings. The molecule has 0 spiro atoms. The molecule has 0 radical (unpaired) electrons. The maximum absolute atomic E-state index is 9.62. The fourth-order valence-corrected chi connectivity index (χ4v) is 2.56. The van der Waals surface area contributed by atoms with Gasteiger partial charge in [-0.15, -0.1) is 0 Å². The highest BCUT2D eigenvalue weighted by atomic mass is 16.3. The molecule has 0 bridgehead atoms. The summed E-state index contributed by atoms with van der Waals surface area (Å²) in [5, 5.41) is 9.62. The van der Waals surface area contributed by atoms with Crippen LogP contribution in [0.5, 0.6) is 0 Å². The number of rotatable bonds is 2. The van der Waals surface area contributed by atoms with Crippen LogP contribution in [0, 0.1) is 11.3 Å². The van der Waals surface area contributed by atoms with E-state index in [1.54, 1.807) is 0 Å². The van der Waals surface area contributed by atoms with E-state index in [0.717, 1.165) is 19.3 Å². The van der Waals surface area contributed by atoms with Crippen molar-refractivity contribution < 1.29 is 5.11 Å². The van der Waals surface area contributed by atoms with E-state index >= 15 is 0 Å². The molecule has 1 saturated carbocycles. The monoisotopic (exact) mass is 182 g/mol. The van der Waals surface area contributed by atoms with Crippen molar-refractivity contribution in [2.75, 3.05) is 0 Å². The molecule has 1 aliphatic carbocycles. The second-order valence-electron chi connectivity index (χ2n) is 4.83. The van der Waals surface area contributed by atoms with Gasteiger partial charge in [0, 0.05) is 0 Å². The quantitative estimate of drug-likeness (QED) is 0.650. The van der Waals surface area contributed by atoms with Gasteiger partial charge in [-0.1, -0.05) is 32.4 Å². The van der Waals surface area contributed by atoms with Gasteiger partial charge in [0.25, 0.3) is 0 Å². The van der Waals surface area contributed by atoms with Crippen molar-refractivity contribution in [2.45, 2.75) is 52.6 Å². The highest BCUT2D eigenvalue weighted by Crippen LogP contribution is 2.46. The molecule has 13 heavy (non-hydrogen) atoms. The molecule has 0 aromatic rings. The lowest BCUT2D eigenvalue weighted by atomic mass is 9.63. The van der Waals surface area contributed by atoms with Crippen molar-refractivity contribution in [1.82, 2.24) is 0 Å². The summed E-state index contributed by atoms with van der Waals surface area (Å²) in [5.74, 6) is 0.515. The lowest BCUT2D eigenvalue weighted by Crippen LogP contribution is -2.36. The third-order valence-electron chi connectivity index (χ3n) is 3.80. The molecule has 0 aromatic carbocycles. The van der Waals surface area contributed by atoms with E-state index in [9.17, 15) is 5.11 Å². The van der Waals surface area contributed by atoms with Crippen LogP contribution in [-0.4, -0.2) is 11.2 Å². The second kappa shape index (κ2) is 3.83. The Kier molecular flexibility index (Phi) is 3.18. The van der Waals surface area contributed by atoms with Crippen LogP contribution in [0.25, 0.3) is 0 Å². The molecule has 1 N–H and O–H groups in total. The van der Waals surface area contributed by atoms with E-state index < -0.39 is 0 Å². The highest BCUT2D eigenvalue weighted by molar-refractivity contribution is 5.06. The summed E-state index contributed by atoms with van der Waals surface area (Å²) in [6.07, 6.45) is 4.12. The average Bonchev–Trinajstić information content (AvgIpc) is 2.09. The van der Waals surface area contributed by atoms with Crippen LogP contribution < -0.4 is 0 Å². The lowest BCUT2D eigenvalue weighted by Gasteiger charge is -2.43. The Morgan fingerprint density at radius 2 is 2.23 bits per heavy atom. The maximum atomic E-state index is 9.62. The molecule has 3 atom stereocenters. The summed E-state index contributed by atoms with van der Waals surface area (Å²) in [7, 11) is 0. The van der Waals surface area contributed by atoms with E-state index in [1.807, 2.05) is 0 Å². The van der Waals surface area contributed by atoms with Gasteiger partial charge >= 0.3 is 0 Å². The van der Waals surface area contributed by atoms with Gasteiger partial charge in [-0.25, -0.2) is 0 Å². The largest absolute Gasteiger partial charge is 0.393 e. The Bertz CT molecular complexity index is 197. The molecule has 0 amide bonds. The zero-order valence-electron chi connectivity index (χ0n) is 9.14. The molecule has 0 aliphatic heterocycles. The highest BCUT2D eigenvalue weighted by Gasteiger charge is 2.38. The van der Waals surface area contributed by atoms with Gasteiger partial charge in [-0.2, -0.15) is 0 Å². The summed E-state index contributed by atoms with van der Waals surface area (Å²) < 4.78 is 0. The van der Waals surface area contributed by atoms with E-state index in [0.29, 0.717) is 11.3 Å². The number of allylic oxidation sites excluding steroid dienone is 1. The molecule has 3 unspecified atom stereocenters. The van der Waals surface area contributed by atoms with Gasteiger partial charge in [0.1, 0.15) is 0 Å². The molecular weight excluding hydrogens is 160 g/mol. The number of hydrogen-bond donors (Lipinski definition) is 1. The standard InChI is InChI=1S/C12H22O/c1-5-12(4)7-6-10(13)8-11(12)9(2)3/h10-11,13H,2,5-8H2,1,3-4H3. The van der Waals surface area contributed by atoms with Gasteiger partial charge < -0.3 is 5.11 Å². The van der Waals surface area contributed by atoms with Crippen molar-refractivity contribution >= 4 is 0 Å². The van der Waals surface area contributed by atoms with Crippen LogP contribution in [0.3, 0.4) is 0 Å². The molecule has 76 valence electrons. The fourth-order valence-electron chi connectivity index (χ4n) is 2.56. The number of aliphatic hydroxyl groups excluding tert-OH is 1. The molecule has 1 aliphatic rings. The minimum atomic E-state index is -0.0960. The molecule has 0 aromatic heterocycles. The summed E-state index contributed by atoms with van der Waals surface area (Å²) in [5.41, 5.74) is 1.62. The molecule has 1 nitrogen and oxygen atoms in total. The zero-order chi connectivity index (χ0) is 10.1. The first-order chi connectivity index (χ1) is 5.99. The third kappa shape index (κ3) is 2.14. The average molecular weight is 182 g/mol. The first-order valence-corrected chi connectivity index (χ1v) is 5.33. The Morgan fingerprint density at radius 3 is 2.69 bits per heavy atom. The van der Waals surface area contributed by atoms with E-state index in [1.165, 1.54) is 12.0 Å². The first kappa shape index (κ1) is 10.8. The maximum Gasteiger partial charge on any atom is 0.0546 e. The van der Waals surface area contributed by atoms with Crippen molar-refractivity contribution in [1.29, 1.82) is 0 Å². The molecule has 0 heterocycles. The predicted octanol–water partition coefficient (Wildman–Crippen LogP) is 3.14. The third-order valence-corrected chi connectivity index (χ3v) is 3.80. The molecule has 0 saturated heterocycles. The van der Waals surface area contributed by atoms with E-state index in [4.69, 9.17) is 0 Å². The first-order valence-electron chi connectivity index (χ1n) is 5.33. The fraction of sp³-hybridized carbons (Fsp3) is 0.833. The van der Waals surface area contributed by atoms with Crippen LogP contribution in [0.1, 0.15) is 46.5 Å². The molecule has 1 rings (SSSR count). The van der Waals surface area contributed by atoms with E-state index in [2.05, 4.69) is 27.4 Å². The minimum Gasteiger partial charge on any atom is -0.393 e. The Balaban J connectivity index is 2.77. The van der Waals surface area contributed by atoms with Crippen LogP contribution >= 0.6 is 0 Å². The van der Waals surface area contributed by atoms with Crippen molar-refractivity contribution in [2.24, 2.45) is 11.3 Å². The van der Waals surface area contributed by atoms with Crippen LogP contribution in [0.2, 0.25) is 0 Å². The van der Waals surface area contributed by atoms with Crippen LogP contribution in [-0.2, 0) is 0 Å². The Labute approximate surface area is 81.9 Å². The minimum absolute atomic E-state index is 0.0960. The van der Waals surface area contributed by atoms with Gasteiger partial charge in [-0.05, 0) is 37.5 Å². The van der Waals surface area contributed by atoms with Gasteiger partial charge in [0.05, 0.1) is 6.10 Å². The normalized spacial score (nSPS) is 40.3. The topological polar surface area (TPSA) is 20.2 Å². The van der Waals surface area contributed by atoms with Crippen LogP contribution in [0.4, 0.5) is 0 Å². The van der Waals surface area contributed by atoms with Crippen molar-refractivity contribution in [3.63, 3.8) is 0 Å². The van der Waals surface area contributed by atoms with Crippen LogP contribution in [0.15, 0.2) is 12.2 Å². The summed E-state index contributed by atoms with van der Waals surface area (Å²) >= 11 is 0. The van der Waals surface area contributed by atoms with Crippen molar-refractivity contribution in [3.8, 4) is 0 Å². The second-order valence-corrected chi connectivity index (χ2v) is 4.83. The Hall–Kier alpha value is -0.300. The van der Waals surface area contributed by atoms with Gasteiger partial charge in [-0.3, -0.25) is 0 Å². The van der Waals surface area contributed by atoms with E-state index in [-0.39, 0.29) is 6.10 Å². The van der Waals surface area contributed by atoms with Crippen molar-refractivity contribution in [3.05, 3.63) is 12.2 Å².